The van der Waals surface area contributed by atoms with Crippen LogP contribution in [0, 0.1) is 0 Å². The van der Waals surface area contributed by atoms with Gasteiger partial charge >= 0.3 is 62.7 Å². The largest absolute Gasteiger partial charge is 1.00 e. The van der Waals surface area contributed by atoms with Gasteiger partial charge in [0, 0.05) is 34.1 Å². The molecular weight excluding hydrogens is 489 g/mol. The van der Waals surface area contributed by atoms with E-state index in [0.717, 1.165) is 0 Å². The number of hydrogen-bond acceptors (Lipinski definition) is 6. The van der Waals surface area contributed by atoms with Gasteiger partial charge in [-0.2, -0.15) is 0 Å². The van der Waals surface area contributed by atoms with Crippen LogP contribution >= 0.6 is 15.2 Å². The summed E-state index contributed by atoms with van der Waals surface area (Å²) in [5, 5.41) is 33.8. The first kappa shape index (κ1) is 36.6. The Kier molecular flexibility index (Phi) is 21.6. The Morgan fingerprint density at radius 2 is 1.04 bits per heavy atom. The quantitative estimate of drug-likeness (QED) is 0.120. The van der Waals surface area contributed by atoms with Crippen LogP contribution in [0.1, 0.15) is 14.3 Å². The molecule has 0 saturated heterocycles. The van der Waals surface area contributed by atoms with Gasteiger partial charge in [0.2, 0.25) is 0 Å². The number of carboxylic acids is 3. The Morgan fingerprint density at radius 3 is 1.12 bits per heavy atom. The summed E-state index contributed by atoms with van der Waals surface area (Å²) < 4.78 is 19.7. The van der Waals surface area contributed by atoms with Crippen molar-refractivity contribution in [2.24, 2.45) is 0 Å². The van der Waals surface area contributed by atoms with Crippen molar-refractivity contribution in [1.29, 1.82) is 0 Å². The number of aliphatic hydroxyl groups is 1. The monoisotopic (exact) mass is 504 g/mol. The van der Waals surface area contributed by atoms with Gasteiger partial charge in [-0.25, -0.2) is 4.79 Å². The molecule has 0 radical (unpaired) electrons. The van der Waals surface area contributed by atoms with Crippen LogP contribution in [0.25, 0.3) is 0 Å². The van der Waals surface area contributed by atoms with Crippen molar-refractivity contribution in [2.45, 2.75) is 18.4 Å². The molecule has 25 heavy (non-hydrogen) atoms. The van der Waals surface area contributed by atoms with Crippen molar-refractivity contribution < 1.29 is 129 Å². The Balaban J connectivity index is -0.0000000697. The number of aliphatic carboxylic acids is 3. The molecule has 0 heterocycles. The normalized spacial score (nSPS) is 10.6. The molecule has 0 aromatic heterocycles. The smallest absolute Gasteiger partial charge is 1.00 e. The number of hydrogen-bond donors (Lipinski definition) is 8. The molecule has 0 spiro atoms. The molecule has 18 heteroatoms. The van der Waals surface area contributed by atoms with Crippen LogP contribution < -0.4 is 29.6 Å². The zero-order valence-corrected chi connectivity index (χ0v) is 18.3. The van der Waals surface area contributed by atoms with Crippen LogP contribution in [0.3, 0.4) is 0 Å². The van der Waals surface area contributed by atoms with Gasteiger partial charge in [0.25, 0.3) is 0 Å². The van der Waals surface area contributed by atoms with Crippen LogP contribution in [-0.2, 0) is 57.7 Å². The summed E-state index contributed by atoms with van der Waals surface area (Å²) in [5.74, 6) is -6.39. The molecule has 0 aliphatic carbocycles. The molecule has 0 aromatic rings. The first-order valence-electron chi connectivity index (χ1n) is 4.97. The van der Waals surface area contributed by atoms with Crippen LogP contribution in [-0.4, -0.2) is 69.4 Å². The van der Waals surface area contributed by atoms with E-state index in [1.54, 1.807) is 0 Å². The maximum Gasteiger partial charge on any atom is 1.00 e. The third-order valence-electron chi connectivity index (χ3n) is 1.65. The maximum absolute atomic E-state index is 10.3. The van der Waals surface area contributed by atoms with Crippen LogP contribution in [0.15, 0.2) is 0 Å². The van der Waals surface area contributed by atoms with E-state index in [4.69, 9.17) is 40.0 Å². The average Bonchev–Trinajstić information content (AvgIpc) is 2.08. The SMILES string of the molecule is O=C(O)CC(O)(CC(=O)O)C(=O)O.O=P(O)(O)CP(=O)(O)O.[Fe].[Fe].[H-].[Na+]. The van der Waals surface area contributed by atoms with Crippen molar-refractivity contribution in [2.75, 3.05) is 5.90 Å². The van der Waals surface area contributed by atoms with Crippen molar-refractivity contribution in [1.82, 2.24) is 0 Å². The van der Waals surface area contributed by atoms with Crippen molar-refractivity contribution in [3.8, 4) is 0 Å². The minimum atomic E-state index is -4.55. The molecule has 0 amide bonds. The molecule has 0 aliphatic heterocycles. The van der Waals surface area contributed by atoms with E-state index in [0.29, 0.717) is 0 Å². The fourth-order valence-corrected chi connectivity index (χ4v) is 2.87. The molecule has 0 aromatic carbocycles. The fraction of sp³-hybridized carbons (Fsp3) is 0.571. The summed E-state index contributed by atoms with van der Waals surface area (Å²) >= 11 is 0. The predicted octanol–water partition coefficient (Wildman–Crippen LogP) is -4.84. The minimum absolute atomic E-state index is 0. The second kappa shape index (κ2) is 14.7. The molecule has 13 nitrogen and oxygen atoms in total. The third kappa shape index (κ3) is 24.7. The Labute approximate surface area is 185 Å². The van der Waals surface area contributed by atoms with Crippen molar-refractivity contribution in [3.63, 3.8) is 0 Å². The molecular formula is C7H15Fe2NaO13P2. The summed E-state index contributed by atoms with van der Waals surface area (Å²) in [6, 6.07) is 0. The van der Waals surface area contributed by atoms with E-state index in [9.17, 15) is 23.5 Å². The van der Waals surface area contributed by atoms with E-state index in [1.165, 1.54) is 0 Å². The van der Waals surface area contributed by atoms with Gasteiger partial charge < -0.3 is 41.4 Å². The van der Waals surface area contributed by atoms with Gasteiger partial charge in [0.05, 0.1) is 12.8 Å². The predicted molar refractivity (Wildman–Crippen MR) is 67.2 cm³/mol. The molecule has 0 fully saturated rings. The average molecular weight is 504 g/mol. The van der Waals surface area contributed by atoms with Gasteiger partial charge in [-0.15, -0.1) is 0 Å². The third-order valence-corrected chi connectivity index (χ3v) is 4.60. The molecule has 0 atom stereocenters. The van der Waals surface area contributed by atoms with Gasteiger partial charge in [0.15, 0.2) is 11.5 Å². The standard InChI is InChI=1S/C6H8O7.CH6O6P2.2Fe.Na.H/c7-3(8)1-6(13,5(11)12)2-4(9)10;2-8(3,4)1-9(5,6)7;;;;/h13H,1-2H2,(H,7,8)(H,9,10)(H,11,12);1H2,(H2,2,3,4)(H2,5,6,7);;;;/q;;;;+1;-1. The molecule has 0 unspecified atom stereocenters. The first-order chi connectivity index (χ1) is 9.48. The second-order valence-electron chi connectivity index (χ2n) is 3.95. The first-order valence-corrected chi connectivity index (χ1v) is 8.56. The van der Waals surface area contributed by atoms with E-state index in [1.807, 2.05) is 0 Å². The van der Waals surface area contributed by atoms with Crippen molar-refractivity contribution in [3.05, 3.63) is 0 Å². The molecule has 0 rings (SSSR count). The van der Waals surface area contributed by atoms with Gasteiger partial charge in [-0.1, -0.05) is 0 Å². The molecule has 0 bridgehead atoms. The van der Waals surface area contributed by atoms with Crippen LogP contribution in [0.4, 0.5) is 0 Å². The summed E-state index contributed by atoms with van der Waals surface area (Å²) in [6.07, 6.45) is -2.29. The fourth-order valence-electron chi connectivity index (χ4n) is 0.954. The van der Waals surface area contributed by atoms with E-state index < -0.39 is 57.4 Å². The molecule has 0 aliphatic rings. The Bertz CT molecular complexity index is 499. The Morgan fingerprint density at radius 1 is 0.800 bits per heavy atom. The number of rotatable bonds is 7. The van der Waals surface area contributed by atoms with Crippen molar-refractivity contribution >= 4 is 33.1 Å². The zero-order valence-electron chi connectivity index (χ0n) is 13.3. The van der Waals surface area contributed by atoms with Crippen LogP contribution in [0.2, 0.25) is 0 Å². The van der Waals surface area contributed by atoms with E-state index >= 15 is 0 Å². The molecule has 8 N–H and O–H groups in total. The van der Waals surface area contributed by atoms with Gasteiger partial charge in [-0.05, 0) is 0 Å². The van der Waals surface area contributed by atoms with Gasteiger partial charge in [0.1, 0.15) is 0 Å². The molecule has 0 saturated carbocycles. The Hall–Kier alpha value is 0.709. The zero-order chi connectivity index (χ0) is 18.4. The molecule has 148 valence electrons. The second-order valence-corrected chi connectivity index (χ2v) is 7.74. The topological polar surface area (TPSA) is 247 Å². The maximum atomic E-state index is 10.3. The summed E-state index contributed by atoms with van der Waals surface area (Å²) in [5.41, 5.74) is -2.74. The van der Waals surface area contributed by atoms with Gasteiger partial charge in [-0.3, -0.25) is 18.7 Å². The summed E-state index contributed by atoms with van der Waals surface area (Å²) in [7, 11) is -9.10. The number of carbonyl (C=O) groups is 3. The summed E-state index contributed by atoms with van der Waals surface area (Å²) in [4.78, 5) is 62.4. The van der Waals surface area contributed by atoms with Crippen LogP contribution in [0.5, 0.6) is 0 Å². The van der Waals surface area contributed by atoms with E-state index in [-0.39, 0.29) is 65.1 Å². The van der Waals surface area contributed by atoms with E-state index in [2.05, 4.69) is 0 Å². The summed E-state index contributed by atoms with van der Waals surface area (Å²) in [6.45, 7) is 0. The number of carboxylic acid groups (broad SMARTS) is 3. The minimum Gasteiger partial charge on any atom is -1.00 e.